The zero-order valence-electron chi connectivity index (χ0n) is 12.1. The molecule has 2 heterocycles. The van der Waals surface area contributed by atoms with E-state index in [1.54, 1.807) is 11.8 Å². The maximum Gasteiger partial charge on any atom is 0.0595 e. The van der Waals surface area contributed by atoms with Gasteiger partial charge in [0.1, 0.15) is 0 Å². The van der Waals surface area contributed by atoms with Gasteiger partial charge in [0, 0.05) is 17.8 Å². The monoisotopic (exact) mass is 339 g/mol. The molecule has 0 aromatic heterocycles. The Labute approximate surface area is 141 Å². The number of nitrogens with zero attached hydrogens (tertiary/aromatic N) is 1. The van der Waals surface area contributed by atoms with Crippen molar-refractivity contribution in [2.75, 3.05) is 12.8 Å². The quantitative estimate of drug-likeness (QED) is 0.721. The van der Waals surface area contributed by atoms with Crippen LogP contribution in [-0.4, -0.2) is 29.8 Å². The van der Waals surface area contributed by atoms with E-state index in [2.05, 4.69) is 23.3 Å². The molecular weight excluding hydrogens is 321 g/mol. The molecule has 3 rings (SSSR count). The lowest BCUT2D eigenvalue weighted by atomic mass is 9.77. The van der Waals surface area contributed by atoms with E-state index in [0.29, 0.717) is 34.0 Å². The summed E-state index contributed by atoms with van der Waals surface area (Å²) in [6, 6.07) is 7.44. The van der Waals surface area contributed by atoms with Gasteiger partial charge in [-0.2, -0.15) is 0 Å². The van der Waals surface area contributed by atoms with Crippen molar-refractivity contribution in [3.63, 3.8) is 0 Å². The summed E-state index contributed by atoms with van der Waals surface area (Å²) in [6.07, 6.45) is 9.25. The first-order chi connectivity index (χ1) is 10.1. The van der Waals surface area contributed by atoms with E-state index in [-0.39, 0.29) is 0 Å². The Morgan fingerprint density at radius 3 is 2.86 bits per heavy atom. The fourth-order valence-electron chi connectivity index (χ4n) is 4.08. The normalized spacial score (nSPS) is 32.1. The van der Waals surface area contributed by atoms with Crippen LogP contribution in [0.5, 0.6) is 0 Å². The highest BCUT2D eigenvalue weighted by Gasteiger charge is 2.45. The van der Waals surface area contributed by atoms with Crippen LogP contribution in [0, 0.1) is 17.6 Å². The zero-order valence-corrected chi connectivity index (χ0v) is 14.4. The molecule has 0 unspecified atom stereocenters. The maximum atomic E-state index is 6.22. The summed E-state index contributed by atoms with van der Waals surface area (Å²) in [6.45, 7) is 0. The van der Waals surface area contributed by atoms with Crippen LogP contribution in [0.15, 0.2) is 18.2 Å². The minimum Gasteiger partial charge on any atom is -0.300 e. The number of halogens is 2. The molecule has 2 aliphatic heterocycles. The Kier molecular flexibility index (Phi) is 4.76. The Morgan fingerprint density at radius 2 is 2.14 bits per heavy atom. The van der Waals surface area contributed by atoms with Gasteiger partial charge in [-0.05, 0) is 61.1 Å². The fraction of sp³-hybridized carbons (Fsp3) is 0.529. The Morgan fingerprint density at radius 1 is 1.33 bits per heavy atom. The van der Waals surface area contributed by atoms with Crippen LogP contribution in [0.4, 0.5) is 0 Å². The van der Waals surface area contributed by atoms with Crippen LogP contribution >= 0.6 is 35.0 Å². The molecule has 2 saturated heterocycles. The summed E-state index contributed by atoms with van der Waals surface area (Å²) < 4.78 is 0. The van der Waals surface area contributed by atoms with Crippen molar-refractivity contribution >= 4 is 35.0 Å². The van der Waals surface area contributed by atoms with E-state index < -0.39 is 0 Å². The van der Waals surface area contributed by atoms with Crippen LogP contribution in [0.3, 0.4) is 0 Å². The average molecular weight is 340 g/mol. The number of hydrogen-bond donors (Lipinski definition) is 0. The van der Waals surface area contributed by atoms with Crippen molar-refractivity contribution < 1.29 is 0 Å². The largest absolute Gasteiger partial charge is 0.300 e. The number of thioether (sulfide) groups is 1. The van der Waals surface area contributed by atoms with Crippen LogP contribution in [0.1, 0.15) is 30.7 Å². The predicted molar refractivity (Wildman–Crippen MR) is 93.2 cm³/mol. The van der Waals surface area contributed by atoms with Gasteiger partial charge in [0.05, 0.1) is 10.0 Å². The van der Waals surface area contributed by atoms with Crippen molar-refractivity contribution in [2.45, 2.75) is 37.3 Å². The fourth-order valence-corrected chi connectivity index (χ4v) is 5.13. The Balaban J connectivity index is 1.91. The highest BCUT2D eigenvalue weighted by Crippen LogP contribution is 2.47. The predicted octanol–water partition coefficient (Wildman–Crippen LogP) is 4.88. The smallest absolute Gasteiger partial charge is 0.0595 e. The molecule has 0 spiro atoms. The second-order valence-electron chi connectivity index (χ2n) is 6.07. The third-order valence-electron chi connectivity index (χ3n) is 5.16. The summed E-state index contributed by atoms with van der Waals surface area (Å²) in [5.41, 5.74) is 1.32. The molecule has 1 aromatic carbocycles. The minimum absolute atomic E-state index is 0.536. The molecule has 0 amide bonds. The van der Waals surface area contributed by atoms with Crippen LogP contribution < -0.4 is 0 Å². The highest BCUT2D eigenvalue weighted by molar-refractivity contribution is 8.03. The first-order valence-electron chi connectivity index (χ1n) is 7.36. The van der Waals surface area contributed by atoms with Crippen molar-refractivity contribution in [3.05, 3.63) is 33.8 Å². The average Bonchev–Trinajstić information content (AvgIpc) is 2.72. The SMILES string of the molecule is C#CSC[C@@H]1[C@@H](c2ccc(Cl)c(Cl)c2)C[C@@H]2CC[C@H]1N2C. The summed E-state index contributed by atoms with van der Waals surface area (Å²) in [4.78, 5) is 2.57. The van der Waals surface area contributed by atoms with E-state index in [4.69, 9.17) is 29.6 Å². The molecule has 2 aliphatic rings. The lowest BCUT2D eigenvalue weighted by Gasteiger charge is -2.43. The lowest BCUT2D eigenvalue weighted by molar-refractivity contribution is 0.112. The van der Waals surface area contributed by atoms with Gasteiger partial charge in [-0.1, -0.05) is 41.0 Å². The third kappa shape index (κ3) is 2.94. The standard InChI is InChI=1S/C17H19Cl2NS/c1-3-21-10-14-13(9-12-5-7-17(14)20(12)2)11-4-6-15(18)16(19)8-11/h1,4,6,8,12-14,17H,5,7,9-10H2,2H3/t12-,13+,14+,17+/m0/s1. The van der Waals surface area contributed by atoms with Gasteiger partial charge in [-0.25, -0.2) is 0 Å². The molecule has 2 bridgehead atoms. The summed E-state index contributed by atoms with van der Waals surface area (Å²) in [5, 5.41) is 4.02. The van der Waals surface area contributed by atoms with E-state index in [1.165, 1.54) is 24.8 Å². The molecule has 21 heavy (non-hydrogen) atoms. The maximum absolute atomic E-state index is 6.22. The summed E-state index contributed by atoms with van der Waals surface area (Å²) in [7, 11) is 2.26. The summed E-state index contributed by atoms with van der Waals surface area (Å²) in [5.74, 6) is 2.14. The number of hydrogen-bond acceptors (Lipinski definition) is 2. The van der Waals surface area contributed by atoms with Crippen LogP contribution in [0.2, 0.25) is 10.0 Å². The van der Waals surface area contributed by atoms with Gasteiger partial charge in [-0.15, -0.1) is 6.42 Å². The second-order valence-corrected chi connectivity index (χ2v) is 7.74. The van der Waals surface area contributed by atoms with Crippen molar-refractivity contribution in [1.29, 1.82) is 0 Å². The topological polar surface area (TPSA) is 3.24 Å². The van der Waals surface area contributed by atoms with Gasteiger partial charge < -0.3 is 4.90 Å². The number of terminal acetylenes is 1. The molecular formula is C17H19Cl2NS. The second kappa shape index (κ2) is 6.42. The Bertz CT molecular complexity index is 568. The molecule has 0 radical (unpaired) electrons. The molecule has 4 atom stereocenters. The first kappa shape index (κ1) is 15.6. The highest BCUT2D eigenvalue weighted by atomic mass is 35.5. The molecule has 0 N–H and O–H groups in total. The van der Waals surface area contributed by atoms with Crippen molar-refractivity contribution in [2.24, 2.45) is 5.92 Å². The molecule has 2 fully saturated rings. The van der Waals surface area contributed by atoms with Gasteiger partial charge in [0.15, 0.2) is 0 Å². The third-order valence-corrected chi connectivity index (χ3v) is 6.62. The van der Waals surface area contributed by atoms with Crippen LogP contribution in [0.25, 0.3) is 0 Å². The number of benzene rings is 1. The van der Waals surface area contributed by atoms with Crippen LogP contribution in [-0.2, 0) is 0 Å². The van der Waals surface area contributed by atoms with E-state index in [0.717, 1.165) is 5.75 Å². The zero-order chi connectivity index (χ0) is 15.0. The molecule has 0 saturated carbocycles. The van der Waals surface area contributed by atoms with Gasteiger partial charge >= 0.3 is 0 Å². The van der Waals surface area contributed by atoms with E-state index in [9.17, 15) is 0 Å². The first-order valence-corrected chi connectivity index (χ1v) is 9.10. The van der Waals surface area contributed by atoms with Crippen molar-refractivity contribution in [1.82, 2.24) is 4.90 Å². The Hall–Kier alpha value is -0.330. The molecule has 0 aliphatic carbocycles. The van der Waals surface area contributed by atoms with Gasteiger partial charge in [-0.3, -0.25) is 0 Å². The number of rotatable bonds is 3. The van der Waals surface area contributed by atoms with Gasteiger partial charge in [0.2, 0.25) is 0 Å². The van der Waals surface area contributed by atoms with E-state index in [1.807, 2.05) is 12.1 Å². The molecule has 1 aromatic rings. The number of fused-ring (bicyclic) bond motifs is 2. The van der Waals surface area contributed by atoms with E-state index >= 15 is 0 Å². The van der Waals surface area contributed by atoms with Gasteiger partial charge in [0.25, 0.3) is 0 Å². The molecule has 4 heteroatoms. The molecule has 112 valence electrons. The molecule has 1 nitrogen and oxygen atoms in total. The number of piperidine rings is 1. The van der Waals surface area contributed by atoms with Crippen molar-refractivity contribution in [3.8, 4) is 11.7 Å². The minimum atomic E-state index is 0.536. The lowest BCUT2D eigenvalue weighted by Crippen LogP contribution is -2.46. The summed E-state index contributed by atoms with van der Waals surface area (Å²) >= 11 is 13.9.